The molecule has 0 fully saturated rings. The van der Waals surface area contributed by atoms with Crippen molar-refractivity contribution >= 4 is 17.3 Å². The largest absolute Gasteiger partial charge is 0.392 e. The van der Waals surface area contributed by atoms with Gasteiger partial charge < -0.3 is 5.11 Å². The lowest BCUT2D eigenvalue weighted by Gasteiger charge is -2.03. The summed E-state index contributed by atoms with van der Waals surface area (Å²) in [5.41, 5.74) is 1.79. The monoisotopic (exact) mass is 194 g/mol. The molecule has 0 saturated carbocycles. The topological polar surface area (TPSA) is 20.2 Å². The molecule has 1 aromatic carbocycles. The zero-order valence-electron chi connectivity index (χ0n) is 7.79. The molecule has 0 unspecified atom stereocenters. The van der Waals surface area contributed by atoms with Crippen molar-refractivity contribution in [2.75, 3.05) is 12.4 Å². The van der Waals surface area contributed by atoms with Gasteiger partial charge in [-0.25, -0.2) is 0 Å². The summed E-state index contributed by atoms with van der Waals surface area (Å²) in [4.78, 5) is 1.26. The summed E-state index contributed by atoms with van der Waals surface area (Å²) in [5, 5.41) is 8.86. The van der Waals surface area contributed by atoms with E-state index in [2.05, 4.69) is 25.6 Å². The molecule has 0 aliphatic rings. The van der Waals surface area contributed by atoms with Gasteiger partial charge in [0, 0.05) is 4.90 Å². The zero-order chi connectivity index (χ0) is 9.68. The number of aliphatic hydroxyl groups is 1. The van der Waals surface area contributed by atoms with Gasteiger partial charge in [0.25, 0.3) is 0 Å². The normalized spacial score (nSPS) is 10.0. The molecule has 0 saturated heterocycles. The van der Waals surface area contributed by atoms with E-state index in [1.165, 1.54) is 4.90 Å². The van der Waals surface area contributed by atoms with Crippen LogP contribution in [-0.2, 0) is 0 Å². The fourth-order valence-corrected chi connectivity index (χ4v) is 1.71. The maximum Gasteiger partial charge on any atom is 0.0681 e. The number of hydrogen-bond donors (Lipinski definition) is 1. The van der Waals surface area contributed by atoms with Gasteiger partial charge in [0.05, 0.1) is 6.61 Å². The van der Waals surface area contributed by atoms with E-state index in [1.807, 2.05) is 23.9 Å². The minimum absolute atomic E-state index is 0.0280. The smallest absolute Gasteiger partial charge is 0.0681 e. The quantitative estimate of drug-likeness (QED) is 0.744. The number of thioether (sulfide) groups is 1. The summed E-state index contributed by atoms with van der Waals surface area (Å²) in [5.74, 6) is 1.08. The summed E-state index contributed by atoms with van der Waals surface area (Å²) in [6, 6.07) is 8.11. The molecule has 0 aliphatic heterocycles. The van der Waals surface area contributed by atoms with Crippen molar-refractivity contribution in [3.8, 4) is 0 Å². The van der Waals surface area contributed by atoms with E-state index in [4.69, 9.17) is 5.11 Å². The Bertz CT molecular complexity index is 277. The Labute approximate surface area is 83.5 Å². The summed E-state index contributed by atoms with van der Waals surface area (Å²) in [7, 11) is 0. The first-order chi connectivity index (χ1) is 6.27. The number of aliphatic hydroxyl groups excluding tert-OH is 1. The lowest BCUT2D eigenvalue weighted by molar-refractivity contribution is 0.350. The maximum atomic E-state index is 8.86. The predicted octanol–water partition coefficient (Wildman–Crippen LogP) is 2.80. The first kappa shape index (κ1) is 10.4. The Balaban J connectivity index is 2.75. The Hall–Kier alpha value is -0.730. The third-order valence-electron chi connectivity index (χ3n) is 1.76. The highest BCUT2D eigenvalue weighted by Crippen LogP contribution is 2.20. The number of hydrogen-bond acceptors (Lipinski definition) is 2. The van der Waals surface area contributed by atoms with Crippen molar-refractivity contribution in [1.82, 2.24) is 0 Å². The summed E-state index contributed by atoms with van der Waals surface area (Å²) in [6.07, 6.45) is 0. The van der Waals surface area contributed by atoms with E-state index in [0.29, 0.717) is 0 Å². The van der Waals surface area contributed by atoms with Gasteiger partial charge in [-0.05, 0) is 29.0 Å². The molecular weight excluding hydrogens is 180 g/mol. The van der Waals surface area contributed by atoms with Gasteiger partial charge >= 0.3 is 0 Å². The summed E-state index contributed by atoms with van der Waals surface area (Å²) in [6.45, 7) is 5.92. The molecule has 1 nitrogen and oxygen atoms in total. The van der Waals surface area contributed by atoms with E-state index >= 15 is 0 Å². The van der Waals surface area contributed by atoms with Crippen molar-refractivity contribution in [2.24, 2.45) is 0 Å². The minimum Gasteiger partial charge on any atom is -0.392 e. The molecule has 0 radical (unpaired) electrons. The van der Waals surface area contributed by atoms with E-state index < -0.39 is 0 Å². The molecule has 0 aromatic heterocycles. The van der Waals surface area contributed by atoms with E-state index in [0.717, 1.165) is 16.9 Å². The molecule has 0 heterocycles. The average Bonchev–Trinajstić information content (AvgIpc) is 2.18. The fraction of sp³-hybridized carbons (Fsp3) is 0.273. The van der Waals surface area contributed by atoms with E-state index in [1.54, 1.807) is 0 Å². The van der Waals surface area contributed by atoms with Crippen LogP contribution in [0.5, 0.6) is 0 Å². The highest BCUT2D eigenvalue weighted by atomic mass is 32.2. The molecule has 0 aliphatic carbocycles. The molecule has 1 aromatic rings. The number of rotatable bonds is 4. The fourth-order valence-electron chi connectivity index (χ4n) is 1.04. The first-order valence-electron chi connectivity index (χ1n) is 4.29. The van der Waals surface area contributed by atoms with Crippen LogP contribution in [0.25, 0.3) is 5.57 Å². The Morgan fingerprint density at radius 1 is 1.38 bits per heavy atom. The van der Waals surface area contributed by atoms with E-state index in [9.17, 15) is 0 Å². The van der Waals surface area contributed by atoms with Gasteiger partial charge in [-0.1, -0.05) is 25.6 Å². The SMILES string of the molecule is C=C(CO)c1ccc(SCC)cc1. The second-order valence-corrected chi connectivity index (χ2v) is 4.06. The summed E-state index contributed by atoms with van der Waals surface area (Å²) < 4.78 is 0. The molecular formula is C11H14OS. The molecule has 1 N–H and O–H groups in total. The summed E-state index contributed by atoms with van der Waals surface area (Å²) >= 11 is 1.81. The molecule has 1 rings (SSSR count). The van der Waals surface area contributed by atoms with Gasteiger partial charge in [-0.3, -0.25) is 0 Å². The number of benzene rings is 1. The highest BCUT2D eigenvalue weighted by Gasteiger charge is 1.97. The van der Waals surface area contributed by atoms with E-state index in [-0.39, 0.29) is 6.61 Å². The molecule has 2 heteroatoms. The van der Waals surface area contributed by atoms with Crippen LogP contribution in [0, 0.1) is 0 Å². The highest BCUT2D eigenvalue weighted by molar-refractivity contribution is 7.99. The second-order valence-electron chi connectivity index (χ2n) is 2.72. The second kappa shape index (κ2) is 5.10. The minimum atomic E-state index is 0.0280. The van der Waals surface area contributed by atoms with Crippen LogP contribution in [0.3, 0.4) is 0 Å². The molecule has 13 heavy (non-hydrogen) atoms. The van der Waals surface area contributed by atoms with Crippen molar-refractivity contribution in [3.63, 3.8) is 0 Å². The zero-order valence-corrected chi connectivity index (χ0v) is 8.60. The Kier molecular flexibility index (Phi) is 4.06. The standard InChI is InChI=1S/C11H14OS/c1-3-13-11-6-4-10(5-7-11)9(2)8-12/h4-7,12H,2-3,8H2,1H3. The van der Waals surface area contributed by atoms with Crippen LogP contribution in [0.1, 0.15) is 12.5 Å². The first-order valence-corrected chi connectivity index (χ1v) is 5.28. The van der Waals surface area contributed by atoms with Gasteiger partial charge in [0.1, 0.15) is 0 Å². The van der Waals surface area contributed by atoms with Gasteiger partial charge in [0.2, 0.25) is 0 Å². The molecule has 0 spiro atoms. The molecule has 70 valence electrons. The molecule has 0 bridgehead atoms. The lowest BCUT2D eigenvalue weighted by Crippen LogP contribution is -1.87. The van der Waals surface area contributed by atoms with Crippen molar-refractivity contribution < 1.29 is 5.11 Å². The van der Waals surface area contributed by atoms with Crippen LogP contribution in [0.4, 0.5) is 0 Å². The van der Waals surface area contributed by atoms with Gasteiger partial charge in [-0.15, -0.1) is 11.8 Å². The van der Waals surface area contributed by atoms with Crippen molar-refractivity contribution in [1.29, 1.82) is 0 Å². The average molecular weight is 194 g/mol. The van der Waals surface area contributed by atoms with Crippen LogP contribution in [0.2, 0.25) is 0 Å². The van der Waals surface area contributed by atoms with Crippen LogP contribution in [0.15, 0.2) is 35.7 Å². The van der Waals surface area contributed by atoms with Crippen LogP contribution in [-0.4, -0.2) is 17.5 Å². The molecule has 0 atom stereocenters. The Morgan fingerprint density at radius 2 is 2.00 bits per heavy atom. The van der Waals surface area contributed by atoms with Gasteiger partial charge in [0.15, 0.2) is 0 Å². The van der Waals surface area contributed by atoms with Gasteiger partial charge in [-0.2, -0.15) is 0 Å². The van der Waals surface area contributed by atoms with Crippen molar-refractivity contribution in [2.45, 2.75) is 11.8 Å². The maximum absolute atomic E-state index is 8.86. The van der Waals surface area contributed by atoms with Crippen molar-refractivity contribution in [3.05, 3.63) is 36.4 Å². The third kappa shape index (κ3) is 2.90. The Morgan fingerprint density at radius 3 is 2.46 bits per heavy atom. The van der Waals surface area contributed by atoms with Crippen LogP contribution < -0.4 is 0 Å². The van der Waals surface area contributed by atoms with Crippen LogP contribution >= 0.6 is 11.8 Å². The third-order valence-corrected chi connectivity index (χ3v) is 2.66. The predicted molar refractivity (Wildman–Crippen MR) is 59.0 cm³/mol. The molecule has 0 amide bonds. The lowest BCUT2D eigenvalue weighted by atomic mass is 10.1.